The molecule has 0 bridgehead atoms. The van der Waals surface area contributed by atoms with Crippen LogP contribution in [0.4, 0.5) is 0 Å². The number of likely N-dealkylation sites (N-methyl/N-ethyl adjacent to an activating group) is 1. The summed E-state index contributed by atoms with van der Waals surface area (Å²) in [6, 6.07) is 36.8. The van der Waals surface area contributed by atoms with E-state index in [9.17, 15) is 14.7 Å². The van der Waals surface area contributed by atoms with Gasteiger partial charge in [-0.15, -0.1) is 0 Å². The highest BCUT2D eigenvalue weighted by molar-refractivity contribution is 7.73. The molecule has 0 aliphatic rings. The van der Waals surface area contributed by atoms with E-state index in [1.807, 2.05) is 91.0 Å². The number of hydrogen-bond donors (Lipinski definition) is 1. The van der Waals surface area contributed by atoms with Crippen LogP contribution in [0.15, 0.2) is 115 Å². The highest BCUT2D eigenvalue weighted by atomic mass is 31.1. The number of rotatable bonds is 12. The van der Waals surface area contributed by atoms with E-state index in [1.165, 1.54) is 15.5 Å². The fourth-order valence-electron chi connectivity index (χ4n) is 4.26. The Labute approximate surface area is 225 Å². The molecule has 6 heteroatoms. The van der Waals surface area contributed by atoms with Crippen molar-refractivity contribution in [1.29, 1.82) is 0 Å². The molecule has 0 aliphatic carbocycles. The van der Waals surface area contributed by atoms with Gasteiger partial charge in [-0.1, -0.05) is 103 Å². The first kappa shape index (κ1) is 27.1. The van der Waals surface area contributed by atoms with Crippen LogP contribution in [0.2, 0.25) is 0 Å². The first-order valence-electron chi connectivity index (χ1n) is 12.6. The molecule has 0 saturated heterocycles. The van der Waals surface area contributed by atoms with Gasteiger partial charge in [0.15, 0.2) is 0 Å². The van der Waals surface area contributed by atoms with Crippen molar-refractivity contribution < 1.29 is 19.4 Å². The Bertz CT molecular complexity index is 1260. The average molecular weight is 526 g/mol. The van der Waals surface area contributed by atoms with Gasteiger partial charge in [0.1, 0.15) is 18.4 Å². The van der Waals surface area contributed by atoms with Crippen LogP contribution in [0.1, 0.15) is 17.5 Å². The van der Waals surface area contributed by atoms with Crippen LogP contribution in [0.25, 0.3) is 0 Å². The van der Waals surface area contributed by atoms with Gasteiger partial charge in [-0.3, -0.25) is 4.79 Å². The second kappa shape index (κ2) is 13.6. The van der Waals surface area contributed by atoms with Gasteiger partial charge in [0.05, 0.1) is 0 Å². The summed E-state index contributed by atoms with van der Waals surface area (Å²) in [4.78, 5) is 26.7. The Morgan fingerprint density at radius 3 is 1.82 bits per heavy atom. The molecule has 1 unspecified atom stereocenters. The van der Waals surface area contributed by atoms with Crippen molar-refractivity contribution in [3.8, 4) is 5.75 Å². The molecule has 4 aromatic rings. The Hall–Kier alpha value is -3.95. The van der Waals surface area contributed by atoms with Crippen LogP contribution in [0, 0.1) is 0 Å². The average Bonchev–Trinajstić information content (AvgIpc) is 2.96. The molecule has 5 nitrogen and oxygen atoms in total. The Morgan fingerprint density at radius 2 is 1.29 bits per heavy atom. The molecule has 194 valence electrons. The van der Waals surface area contributed by atoms with E-state index >= 15 is 0 Å². The predicted molar refractivity (Wildman–Crippen MR) is 154 cm³/mol. The molecule has 0 radical (unpaired) electrons. The molecule has 1 N–H and O–H groups in total. The minimum Gasteiger partial charge on any atom is -0.489 e. The standard InChI is InChI=1S/C32H32NO4P/c1-33(31(34)21-22-38(28-13-7-3-8-14-28)29-15-9-4-10-16-29)30(32(35)36)23-25-17-19-27(20-18-25)37-24-26-11-5-2-6-12-26/h2-20,30H,21-24H2,1H3,(H,35,36). The van der Waals surface area contributed by atoms with Crippen LogP contribution >= 0.6 is 7.92 Å². The number of carbonyl (C=O) groups excluding carboxylic acids is 1. The van der Waals surface area contributed by atoms with Crippen LogP contribution < -0.4 is 15.3 Å². The zero-order chi connectivity index (χ0) is 26.7. The number of carboxylic acid groups (broad SMARTS) is 1. The number of hydrogen-bond acceptors (Lipinski definition) is 3. The van der Waals surface area contributed by atoms with Gasteiger partial charge >= 0.3 is 5.97 Å². The molecular weight excluding hydrogens is 493 g/mol. The second-order valence-corrected chi connectivity index (χ2v) is 11.4. The first-order chi connectivity index (χ1) is 18.5. The summed E-state index contributed by atoms with van der Waals surface area (Å²) < 4.78 is 5.83. The van der Waals surface area contributed by atoms with Crippen molar-refractivity contribution in [3.63, 3.8) is 0 Å². The smallest absolute Gasteiger partial charge is 0.326 e. The SMILES string of the molecule is CN(C(=O)CCP(c1ccccc1)c1ccccc1)C(Cc1ccc(OCc2ccccc2)cc1)C(=O)O. The first-order valence-corrected chi connectivity index (χ1v) is 14.2. The van der Waals surface area contributed by atoms with E-state index < -0.39 is 19.9 Å². The summed E-state index contributed by atoms with van der Waals surface area (Å²) in [6.07, 6.45) is 1.16. The number of nitrogens with zero attached hydrogens (tertiary/aromatic N) is 1. The molecule has 4 rings (SSSR count). The largest absolute Gasteiger partial charge is 0.489 e. The molecular formula is C32H32NO4P. The minimum absolute atomic E-state index is 0.167. The number of aliphatic carboxylic acids is 1. The summed E-state index contributed by atoms with van der Waals surface area (Å²) in [5, 5.41) is 12.3. The van der Waals surface area contributed by atoms with Gasteiger partial charge in [-0.05, 0) is 48.0 Å². The lowest BCUT2D eigenvalue weighted by atomic mass is 10.0. The summed E-state index contributed by atoms with van der Waals surface area (Å²) in [6.45, 7) is 0.462. The molecule has 1 amide bonds. The molecule has 0 aromatic heterocycles. The quantitative estimate of drug-likeness (QED) is 0.257. The highest BCUT2D eigenvalue weighted by Gasteiger charge is 2.27. The number of carboxylic acids is 1. The van der Waals surface area contributed by atoms with Gasteiger partial charge in [0, 0.05) is 19.9 Å². The lowest BCUT2D eigenvalue weighted by Crippen LogP contribution is -2.44. The third kappa shape index (κ3) is 7.53. The van der Waals surface area contributed by atoms with Gasteiger partial charge in [0.25, 0.3) is 0 Å². The fourth-order valence-corrected chi connectivity index (χ4v) is 6.55. The van der Waals surface area contributed by atoms with E-state index in [2.05, 4.69) is 24.3 Å². The maximum atomic E-state index is 13.2. The van der Waals surface area contributed by atoms with Crippen molar-refractivity contribution in [2.75, 3.05) is 13.2 Å². The molecule has 0 saturated carbocycles. The van der Waals surface area contributed by atoms with E-state index in [-0.39, 0.29) is 18.7 Å². The number of amides is 1. The third-order valence-corrected chi connectivity index (χ3v) is 8.95. The summed E-state index contributed by atoms with van der Waals surface area (Å²) in [5.74, 6) is -0.470. The van der Waals surface area contributed by atoms with Gasteiger partial charge in [-0.2, -0.15) is 0 Å². The van der Waals surface area contributed by atoms with E-state index in [0.717, 1.165) is 11.1 Å². The maximum absolute atomic E-state index is 13.2. The van der Waals surface area contributed by atoms with Gasteiger partial charge in [-0.25, -0.2) is 4.79 Å². The lowest BCUT2D eigenvalue weighted by Gasteiger charge is -2.26. The Balaban J connectivity index is 1.37. The predicted octanol–water partition coefficient (Wildman–Crippen LogP) is 5.24. The van der Waals surface area contributed by atoms with Crippen LogP contribution in [-0.4, -0.2) is 41.1 Å². The van der Waals surface area contributed by atoms with Crippen molar-refractivity contribution in [3.05, 3.63) is 126 Å². The number of ether oxygens (including phenoxy) is 1. The molecule has 4 aromatic carbocycles. The monoisotopic (exact) mass is 525 g/mol. The van der Waals surface area contributed by atoms with E-state index in [4.69, 9.17) is 4.74 Å². The second-order valence-electron chi connectivity index (χ2n) is 9.05. The van der Waals surface area contributed by atoms with Crippen molar-refractivity contribution >= 4 is 30.4 Å². The van der Waals surface area contributed by atoms with Crippen molar-refractivity contribution in [2.24, 2.45) is 0 Å². The normalized spacial score (nSPS) is 11.6. The highest BCUT2D eigenvalue weighted by Crippen LogP contribution is 2.34. The molecule has 1 atom stereocenters. The van der Waals surface area contributed by atoms with Crippen LogP contribution in [0.3, 0.4) is 0 Å². The van der Waals surface area contributed by atoms with Crippen molar-refractivity contribution in [2.45, 2.75) is 25.5 Å². The van der Waals surface area contributed by atoms with Crippen LogP contribution in [-0.2, 0) is 22.6 Å². The summed E-state index contributed by atoms with van der Waals surface area (Å²) in [5.41, 5.74) is 1.91. The number of carbonyl (C=O) groups is 2. The van der Waals surface area contributed by atoms with Gasteiger partial charge in [0.2, 0.25) is 5.91 Å². The topological polar surface area (TPSA) is 66.8 Å². The zero-order valence-corrected chi connectivity index (χ0v) is 22.3. The van der Waals surface area contributed by atoms with Gasteiger partial charge < -0.3 is 14.7 Å². The van der Waals surface area contributed by atoms with Crippen LogP contribution in [0.5, 0.6) is 5.75 Å². The number of benzene rings is 4. The summed E-state index contributed by atoms with van der Waals surface area (Å²) >= 11 is 0. The molecule has 0 spiro atoms. The fraction of sp³-hybridized carbons (Fsp3) is 0.188. The Morgan fingerprint density at radius 1 is 0.763 bits per heavy atom. The molecule has 0 heterocycles. The van der Waals surface area contributed by atoms with E-state index in [0.29, 0.717) is 18.5 Å². The Kier molecular flexibility index (Phi) is 9.66. The molecule has 38 heavy (non-hydrogen) atoms. The van der Waals surface area contributed by atoms with E-state index in [1.54, 1.807) is 7.05 Å². The zero-order valence-electron chi connectivity index (χ0n) is 21.4. The third-order valence-electron chi connectivity index (χ3n) is 6.43. The minimum atomic E-state index is -1.02. The maximum Gasteiger partial charge on any atom is 0.326 e. The summed E-state index contributed by atoms with van der Waals surface area (Å²) in [7, 11) is 0.865. The van der Waals surface area contributed by atoms with Crippen molar-refractivity contribution in [1.82, 2.24) is 4.90 Å². The lowest BCUT2D eigenvalue weighted by molar-refractivity contribution is -0.148. The molecule has 0 fully saturated rings. The molecule has 0 aliphatic heterocycles.